The van der Waals surface area contributed by atoms with E-state index in [0.717, 1.165) is 0 Å². The predicted molar refractivity (Wildman–Crippen MR) is 44.7 cm³/mol. The number of benzene rings is 1. The van der Waals surface area contributed by atoms with Crippen LogP contribution < -0.4 is 11.5 Å². The number of halogens is 2. The van der Waals surface area contributed by atoms with Gasteiger partial charge in [-0.05, 0) is 13.8 Å². The van der Waals surface area contributed by atoms with Crippen LogP contribution in [0.4, 0.5) is 20.2 Å². The van der Waals surface area contributed by atoms with Crippen LogP contribution in [0.25, 0.3) is 0 Å². The quantitative estimate of drug-likeness (QED) is 0.586. The van der Waals surface area contributed by atoms with Crippen molar-refractivity contribution in [3.8, 4) is 0 Å². The second-order valence-electron chi connectivity index (χ2n) is 2.71. The fourth-order valence-electron chi connectivity index (χ4n) is 0.975. The summed E-state index contributed by atoms with van der Waals surface area (Å²) in [5.74, 6) is -1.45. The van der Waals surface area contributed by atoms with Crippen molar-refractivity contribution in [1.82, 2.24) is 0 Å². The van der Waals surface area contributed by atoms with E-state index in [4.69, 9.17) is 11.5 Å². The van der Waals surface area contributed by atoms with E-state index in [2.05, 4.69) is 0 Å². The fraction of sp³-hybridized carbons (Fsp3) is 0.250. The molecule has 0 saturated heterocycles. The molecular formula is C8H10F2N2. The molecule has 0 aromatic heterocycles. The van der Waals surface area contributed by atoms with Gasteiger partial charge in [0.25, 0.3) is 0 Å². The monoisotopic (exact) mass is 172 g/mol. The molecule has 0 aliphatic rings. The van der Waals surface area contributed by atoms with Crippen LogP contribution in [0.1, 0.15) is 11.1 Å². The summed E-state index contributed by atoms with van der Waals surface area (Å²) < 4.78 is 26.0. The maximum atomic E-state index is 13.0. The van der Waals surface area contributed by atoms with Gasteiger partial charge in [0.15, 0.2) is 11.6 Å². The van der Waals surface area contributed by atoms with Gasteiger partial charge in [0.2, 0.25) is 0 Å². The Morgan fingerprint density at radius 2 is 1.17 bits per heavy atom. The van der Waals surface area contributed by atoms with E-state index in [0.29, 0.717) is 0 Å². The maximum absolute atomic E-state index is 13.0. The van der Waals surface area contributed by atoms with Crippen LogP contribution in [0, 0.1) is 25.5 Å². The molecule has 1 rings (SSSR count). The summed E-state index contributed by atoms with van der Waals surface area (Å²) in [6, 6.07) is 0. The summed E-state index contributed by atoms with van der Waals surface area (Å²) >= 11 is 0. The summed E-state index contributed by atoms with van der Waals surface area (Å²) in [5, 5.41) is 0. The van der Waals surface area contributed by atoms with Crippen molar-refractivity contribution >= 4 is 11.4 Å². The van der Waals surface area contributed by atoms with Crippen LogP contribution in [0.15, 0.2) is 0 Å². The van der Waals surface area contributed by atoms with E-state index in [1.807, 2.05) is 0 Å². The first-order valence-electron chi connectivity index (χ1n) is 3.46. The molecule has 1 aromatic carbocycles. The highest BCUT2D eigenvalue weighted by Gasteiger charge is 2.15. The maximum Gasteiger partial charge on any atom is 0.152 e. The standard InChI is InChI=1S/C8H10F2N2/c1-3-5(9)7(11)4(2)8(12)6(3)10/h11-12H2,1-2H3. The van der Waals surface area contributed by atoms with Crippen molar-refractivity contribution < 1.29 is 8.78 Å². The van der Waals surface area contributed by atoms with Gasteiger partial charge in [0, 0.05) is 11.1 Å². The summed E-state index contributed by atoms with van der Waals surface area (Å²) in [7, 11) is 0. The molecule has 0 saturated carbocycles. The molecule has 0 unspecified atom stereocenters. The van der Waals surface area contributed by atoms with E-state index in [9.17, 15) is 8.78 Å². The SMILES string of the molecule is Cc1c(N)c(F)c(C)c(F)c1N. The molecule has 12 heavy (non-hydrogen) atoms. The zero-order valence-electron chi connectivity index (χ0n) is 6.91. The third kappa shape index (κ3) is 0.995. The fourth-order valence-corrected chi connectivity index (χ4v) is 0.975. The van der Waals surface area contributed by atoms with Crippen LogP contribution in [0.5, 0.6) is 0 Å². The third-order valence-electron chi connectivity index (χ3n) is 1.94. The molecule has 0 bridgehead atoms. The van der Waals surface area contributed by atoms with Crippen molar-refractivity contribution in [1.29, 1.82) is 0 Å². The number of nitrogen functional groups attached to an aromatic ring is 2. The molecule has 0 atom stereocenters. The summed E-state index contributed by atoms with van der Waals surface area (Å²) in [4.78, 5) is 0. The van der Waals surface area contributed by atoms with Gasteiger partial charge in [0.05, 0.1) is 11.4 Å². The first kappa shape index (κ1) is 8.77. The summed E-state index contributed by atoms with van der Waals surface area (Å²) in [6.07, 6.45) is 0. The first-order valence-corrected chi connectivity index (χ1v) is 3.46. The lowest BCUT2D eigenvalue weighted by Gasteiger charge is -2.09. The van der Waals surface area contributed by atoms with Gasteiger partial charge in [-0.25, -0.2) is 8.78 Å². The topological polar surface area (TPSA) is 52.0 Å². The van der Waals surface area contributed by atoms with Crippen LogP contribution in [-0.4, -0.2) is 0 Å². The van der Waals surface area contributed by atoms with Crippen molar-refractivity contribution in [2.45, 2.75) is 13.8 Å². The van der Waals surface area contributed by atoms with Gasteiger partial charge >= 0.3 is 0 Å². The van der Waals surface area contributed by atoms with E-state index in [1.54, 1.807) is 0 Å². The number of nitrogens with two attached hydrogens (primary N) is 2. The van der Waals surface area contributed by atoms with Gasteiger partial charge in [-0.1, -0.05) is 0 Å². The lowest BCUT2D eigenvalue weighted by Crippen LogP contribution is -2.05. The van der Waals surface area contributed by atoms with Gasteiger partial charge in [-0.2, -0.15) is 0 Å². The summed E-state index contributed by atoms with van der Waals surface area (Å²) in [6.45, 7) is 2.78. The third-order valence-corrected chi connectivity index (χ3v) is 1.94. The second-order valence-corrected chi connectivity index (χ2v) is 2.71. The highest BCUT2D eigenvalue weighted by Crippen LogP contribution is 2.28. The molecule has 4 heteroatoms. The van der Waals surface area contributed by atoms with Crippen LogP contribution in [-0.2, 0) is 0 Å². The number of anilines is 2. The first-order chi connectivity index (χ1) is 5.46. The zero-order valence-corrected chi connectivity index (χ0v) is 6.91. The molecule has 0 amide bonds. The van der Waals surface area contributed by atoms with Crippen LogP contribution in [0.2, 0.25) is 0 Å². The van der Waals surface area contributed by atoms with Gasteiger partial charge in [0.1, 0.15) is 0 Å². The average molecular weight is 172 g/mol. The molecule has 4 N–H and O–H groups in total. The van der Waals surface area contributed by atoms with Crippen molar-refractivity contribution in [3.63, 3.8) is 0 Å². The van der Waals surface area contributed by atoms with E-state index in [1.165, 1.54) is 13.8 Å². The van der Waals surface area contributed by atoms with Crippen LogP contribution in [0.3, 0.4) is 0 Å². The Morgan fingerprint density at radius 1 is 0.833 bits per heavy atom. The van der Waals surface area contributed by atoms with Crippen LogP contribution >= 0.6 is 0 Å². The molecule has 0 aliphatic carbocycles. The lowest BCUT2D eigenvalue weighted by atomic mass is 10.1. The highest BCUT2D eigenvalue weighted by molar-refractivity contribution is 5.64. The van der Waals surface area contributed by atoms with Gasteiger partial charge < -0.3 is 11.5 Å². The van der Waals surface area contributed by atoms with Gasteiger partial charge in [-0.3, -0.25) is 0 Å². The molecule has 1 aromatic rings. The summed E-state index contributed by atoms with van der Waals surface area (Å²) in [5.41, 5.74) is 10.6. The van der Waals surface area contributed by atoms with E-state index >= 15 is 0 Å². The minimum atomic E-state index is -0.723. The molecular weight excluding hydrogens is 162 g/mol. The normalized spacial score (nSPS) is 10.3. The van der Waals surface area contributed by atoms with Crippen molar-refractivity contribution in [2.75, 3.05) is 11.5 Å². The molecule has 0 spiro atoms. The Hall–Kier alpha value is -1.32. The average Bonchev–Trinajstić information content (AvgIpc) is 2.08. The number of rotatable bonds is 0. The smallest absolute Gasteiger partial charge is 0.152 e. The molecule has 0 aliphatic heterocycles. The van der Waals surface area contributed by atoms with E-state index in [-0.39, 0.29) is 22.5 Å². The predicted octanol–water partition coefficient (Wildman–Crippen LogP) is 1.75. The molecule has 0 fully saturated rings. The molecule has 2 nitrogen and oxygen atoms in total. The second kappa shape index (κ2) is 2.62. The molecule has 66 valence electrons. The Labute approximate surface area is 69.2 Å². The van der Waals surface area contributed by atoms with Gasteiger partial charge in [-0.15, -0.1) is 0 Å². The Morgan fingerprint density at radius 3 is 1.50 bits per heavy atom. The minimum Gasteiger partial charge on any atom is -0.396 e. The molecule has 0 heterocycles. The highest BCUT2D eigenvalue weighted by atomic mass is 19.1. The van der Waals surface area contributed by atoms with Crippen molar-refractivity contribution in [3.05, 3.63) is 22.8 Å². The largest absolute Gasteiger partial charge is 0.396 e. The zero-order chi connectivity index (χ0) is 9.46. The lowest BCUT2D eigenvalue weighted by molar-refractivity contribution is 0.573. The van der Waals surface area contributed by atoms with Crippen molar-refractivity contribution in [2.24, 2.45) is 0 Å². The Kier molecular flexibility index (Phi) is 1.92. The molecule has 0 radical (unpaired) electrons. The Balaban J connectivity index is 3.60. The Bertz CT molecular complexity index is 229. The number of hydrogen-bond donors (Lipinski definition) is 2. The minimum absolute atomic E-state index is 0.0774. The number of hydrogen-bond acceptors (Lipinski definition) is 2. The van der Waals surface area contributed by atoms with E-state index < -0.39 is 11.6 Å².